The molecule has 150 valence electrons. The maximum atomic E-state index is 12.2. The Morgan fingerprint density at radius 1 is 1.04 bits per heavy atom. The molecular weight excluding hydrogens is 324 g/mol. The third-order valence-corrected chi connectivity index (χ3v) is 5.34. The lowest BCUT2D eigenvalue weighted by molar-refractivity contribution is -0.128. The molecule has 0 atom stereocenters. The maximum absolute atomic E-state index is 12.2. The predicted molar refractivity (Wildman–Crippen MR) is 109 cm³/mol. The largest absolute Gasteiger partial charge is 0.356 e. The van der Waals surface area contributed by atoms with E-state index >= 15 is 0 Å². The molecule has 0 spiro atoms. The third kappa shape index (κ3) is 8.86. The lowest BCUT2D eigenvalue weighted by Crippen LogP contribution is -2.36. The van der Waals surface area contributed by atoms with Crippen LogP contribution in [-0.4, -0.2) is 36.9 Å². The molecule has 2 saturated carbocycles. The van der Waals surface area contributed by atoms with Crippen LogP contribution in [0.25, 0.3) is 0 Å². The number of amides is 2. The molecule has 0 aromatic heterocycles. The number of hydrogen-bond donors (Lipinski definition) is 1. The van der Waals surface area contributed by atoms with Crippen LogP contribution in [0, 0.1) is 17.8 Å². The summed E-state index contributed by atoms with van der Waals surface area (Å²) in [6.45, 7) is 7.81. The van der Waals surface area contributed by atoms with Crippen molar-refractivity contribution in [3.8, 4) is 0 Å². The van der Waals surface area contributed by atoms with Crippen molar-refractivity contribution in [1.82, 2.24) is 10.2 Å². The SMILES string of the molecule is CC.CCCCCNC(=O)C1CCC(CN(C)C(=O)/C=C\C2CC2)CC1. The number of hydrogen-bond acceptors (Lipinski definition) is 2. The van der Waals surface area contributed by atoms with Crippen molar-refractivity contribution < 1.29 is 9.59 Å². The summed E-state index contributed by atoms with van der Waals surface area (Å²) in [5.41, 5.74) is 0. The zero-order valence-electron chi connectivity index (χ0n) is 17.4. The number of nitrogens with zero attached hydrogens (tertiary/aromatic N) is 1. The molecule has 0 unspecified atom stereocenters. The van der Waals surface area contributed by atoms with Gasteiger partial charge in [0.05, 0.1) is 0 Å². The highest BCUT2D eigenvalue weighted by Crippen LogP contribution is 2.31. The fourth-order valence-electron chi connectivity index (χ4n) is 3.45. The van der Waals surface area contributed by atoms with Crippen LogP contribution < -0.4 is 5.32 Å². The first-order chi connectivity index (χ1) is 12.6. The van der Waals surface area contributed by atoms with Crippen molar-refractivity contribution in [2.45, 2.75) is 78.6 Å². The number of carbonyl (C=O) groups excluding carboxylic acids is 2. The van der Waals surface area contributed by atoms with Gasteiger partial charge in [-0.1, -0.05) is 39.7 Å². The van der Waals surface area contributed by atoms with Crippen molar-refractivity contribution >= 4 is 11.8 Å². The van der Waals surface area contributed by atoms with E-state index in [-0.39, 0.29) is 17.7 Å². The lowest BCUT2D eigenvalue weighted by atomic mass is 9.81. The van der Waals surface area contributed by atoms with Gasteiger partial charge in [-0.2, -0.15) is 0 Å². The topological polar surface area (TPSA) is 49.4 Å². The second-order valence-electron chi connectivity index (χ2n) is 7.63. The minimum Gasteiger partial charge on any atom is -0.356 e. The summed E-state index contributed by atoms with van der Waals surface area (Å²) < 4.78 is 0. The fourth-order valence-corrected chi connectivity index (χ4v) is 3.45. The van der Waals surface area contributed by atoms with E-state index in [1.807, 2.05) is 25.8 Å². The van der Waals surface area contributed by atoms with Gasteiger partial charge in [0.1, 0.15) is 0 Å². The van der Waals surface area contributed by atoms with Gasteiger partial charge < -0.3 is 10.2 Å². The molecule has 1 N–H and O–H groups in total. The molecule has 4 nitrogen and oxygen atoms in total. The molecule has 0 heterocycles. The Kier molecular flexibility index (Phi) is 11.3. The predicted octanol–water partition coefficient (Wildman–Crippen LogP) is 4.55. The molecule has 0 bridgehead atoms. The van der Waals surface area contributed by atoms with Crippen LogP contribution in [0.2, 0.25) is 0 Å². The standard InChI is InChI=1S/C20H34N2O2.C2H6/c1-3-4-5-14-21-20(24)18-11-8-17(9-12-18)15-22(2)19(23)13-10-16-6-7-16;1-2/h10,13,16-18H,3-9,11-12,14-15H2,1-2H3,(H,21,24);1-2H3/b13-10-;. The molecule has 2 fully saturated rings. The number of nitrogens with one attached hydrogen (secondary N) is 1. The summed E-state index contributed by atoms with van der Waals surface area (Å²) >= 11 is 0. The van der Waals surface area contributed by atoms with E-state index in [9.17, 15) is 9.59 Å². The highest BCUT2D eigenvalue weighted by atomic mass is 16.2. The van der Waals surface area contributed by atoms with Crippen molar-refractivity contribution in [3.05, 3.63) is 12.2 Å². The summed E-state index contributed by atoms with van der Waals surface area (Å²) in [6.07, 6.45) is 13.7. The summed E-state index contributed by atoms with van der Waals surface area (Å²) in [5, 5.41) is 3.08. The molecule has 0 saturated heterocycles. The van der Waals surface area contributed by atoms with Gasteiger partial charge in [-0.15, -0.1) is 0 Å². The average Bonchev–Trinajstić information content (AvgIpc) is 3.49. The molecular formula is C22H40N2O2. The lowest BCUT2D eigenvalue weighted by Gasteiger charge is -2.30. The average molecular weight is 365 g/mol. The van der Waals surface area contributed by atoms with Gasteiger partial charge in [-0.05, 0) is 62.9 Å². The third-order valence-electron chi connectivity index (χ3n) is 5.34. The monoisotopic (exact) mass is 364 g/mol. The summed E-state index contributed by atoms with van der Waals surface area (Å²) in [7, 11) is 1.89. The Morgan fingerprint density at radius 3 is 2.27 bits per heavy atom. The zero-order chi connectivity index (χ0) is 19.4. The summed E-state index contributed by atoms with van der Waals surface area (Å²) in [5.74, 6) is 1.73. The van der Waals surface area contributed by atoms with Crippen LogP contribution in [0.5, 0.6) is 0 Å². The molecule has 26 heavy (non-hydrogen) atoms. The van der Waals surface area contributed by atoms with Crippen molar-refractivity contribution in [3.63, 3.8) is 0 Å². The van der Waals surface area contributed by atoms with Gasteiger partial charge >= 0.3 is 0 Å². The van der Waals surface area contributed by atoms with Crippen LogP contribution in [0.4, 0.5) is 0 Å². The van der Waals surface area contributed by atoms with Crippen molar-refractivity contribution in [2.24, 2.45) is 17.8 Å². The van der Waals surface area contributed by atoms with Crippen LogP contribution in [0.1, 0.15) is 78.6 Å². The molecule has 2 rings (SSSR count). The van der Waals surface area contributed by atoms with Crippen LogP contribution >= 0.6 is 0 Å². The Balaban J connectivity index is 0.00000163. The van der Waals surface area contributed by atoms with Gasteiger partial charge in [0.25, 0.3) is 0 Å². The molecule has 4 heteroatoms. The van der Waals surface area contributed by atoms with E-state index < -0.39 is 0 Å². The van der Waals surface area contributed by atoms with E-state index in [0.717, 1.165) is 45.2 Å². The van der Waals surface area contributed by atoms with Gasteiger partial charge in [0.15, 0.2) is 0 Å². The van der Waals surface area contributed by atoms with E-state index in [2.05, 4.69) is 18.3 Å². The van der Waals surface area contributed by atoms with Gasteiger partial charge in [0.2, 0.25) is 11.8 Å². The van der Waals surface area contributed by atoms with Gasteiger partial charge in [-0.3, -0.25) is 9.59 Å². The number of unbranched alkanes of at least 4 members (excludes halogenated alkanes) is 2. The Hall–Kier alpha value is -1.32. The summed E-state index contributed by atoms with van der Waals surface area (Å²) in [6, 6.07) is 0. The van der Waals surface area contributed by atoms with Crippen LogP contribution in [0.3, 0.4) is 0 Å². The second kappa shape index (κ2) is 12.9. The second-order valence-corrected chi connectivity index (χ2v) is 7.63. The first-order valence-corrected chi connectivity index (χ1v) is 10.8. The number of rotatable bonds is 9. The van der Waals surface area contributed by atoms with E-state index in [1.54, 1.807) is 6.08 Å². The van der Waals surface area contributed by atoms with Crippen LogP contribution in [0.15, 0.2) is 12.2 Å². The minimum absolute atomic E-state index is 0.123. The first kappa shape index (κ1) is 22.7. The number of allylic oxidation sites excluding steroid dienone is 1. The fraction of sp³-hybridized carbons (Fsp3) is 0.818. The zero-order valence-corrected chi connectivity index (χ0v) is 17.4. The molecule has 2 aliphatic rings. The molecule has 2 amide bonds. The Bertz CT molecular complexity index is 435. The molecule has 0 aromatic rings. The van der Waals surface area contributed by atoms with Gasteiger partial charge in [-0.25, -0.2) is 0 Å². The quantitative estimate of drug-likeness (QED) is 0.482. The molecule has 0 aromatic carbocycles. The Morgan fingerprint density at radius 2 is 1.69 bits per heavy atom. The summed E-state index contributed by atoms with van der Waals surface area (Å²) in [4.78, 5) is 26.1. The molecule has 2 aliphatic carbocycles. The van der Waals surface area contributed by atoms with E-state index in [4.69, 9.17) is 0 Å². The Labute approximate surface area is 160 Å². The molecule has 0 aliphatic heterocycles. The smallest absolute Gasteiger partial charge is 0.245 e. The van der Waals surface area contributed by atoms with E-state index in [0.29, 0.717) is 11.8 Å². The number of likely N-dealkylation sites (N-methyl/N-ethyl adjacent to an activating group) is 1. The maximum Gasteiger partial charge on any atom is 0.245 e. The normalized spacial score (nSPS) is 22.5. The highest BCUT2D eigenvalue weighted by Gasteiger charge is 2.27. The molecule has 0 radical (unpaired) electrons. The van der Waals surface area contributed by atoms with E-state index in [1.165, 1.54) is 25.7 Å². The highest BCUT2D eigenvalue weighted by molar-refractivity contribution is 5.87. The van der Waals surface area contributed by atoms with Crippen molar-refractivity contribution in [2.75, 3.05) is 20.1 Å². The first-order valence-electron chi connectivity index (χ1n) is 10.8. The van der Waals surface area contributed by atoms with Crippen LogP contribution in [-0.2, 0) is 9.59 Å². The van der Waals surface area contributed by atoms with Gasteiger partial charge in [0, 0.05) is 26.1 Å². The minimum atomic E-state index is 0.123. The van der Waals surface area contributed by atoms with Crippen molar-refractivity contribution in [1.29, 1.82) is 0 Å². The number of carbonyl (C=O) groups is 2.